The molecule has 4 N–H and O–H groups in total. The normalized spacial score (nSPS) is 13.7. The fraction of sp³-hybridized carbons (Fsp3) is 0.300. The van der Waals surface area contributed by atoms with E-state index in [1.54, 1.807) is 19.1 Å². The first kappa shape index (κ1) is 11.3. The van der Waals surface area contributed by atoms with Crippen molar-refractivity contribution in [3.8, 4) is 0 Å². The van der Waals surface area contributed by atoms with E-state index >= 15 is 0 Å². The molecule has 4 nitrogen and oxygen atoms in total. The number of nitrogens with zero attached hydrogens (tertiary/aromatic N) is 1. The average Bonchev–Trinajstić information content (AvgIpc) is 2.22. The first-order valence-electron chi connectivity index (χ1n) is 4.54. The number of nitrogens with two attached hydrogens (primary N) is 1. The van der Waals surface area contributed by atoms with Crippen LogP contribution < -0.4 is 11.1 Å². The molecule has 1 unspecified atom stereocenters. The van der Waals surface area contributed by atoms with Crippen molar-refractivity contribution in [1.82, 2.24) is 0 Å². The number of anilines is 1. The minimum atomic E-state index is -0.425. The zero-order valence-corrected chi connectivity index (χ0v) is 8.66. The summed E-state index contributed by atoms with van der Waals surface area (Å²) < 4.78 is 13.3. The molecule has 0 aliphatic rings. The molecule has 0 aliphatic heterocycles. The first-order valence-corrected chi connectivity index (χ1v) is 4.54. The highest BCUT2D eigenvalue weighted by Crippen LogP contribution is 2.16. The smallest absolute Gasteiger partial charge is 0.161 e. The van der Waals surface area contributed by atoms with Gasteiger partial charge in [0.15, 0.2) is 5.84 Å². The summed E-state index contributed by atoms with van der Waals surface area (Å²) in [6, 6.07) is 4.29. The molecule has 1 rings (SSSR count). The van der Waals surface area contributed by atoms with E-state index in [1.807, 2.05) is 6.92 Å². The SMILES string of the molecule is Cc1ccc(F)c(NC(C)C(N)=NO)c1. The molecule has 0 radical (unpaired) electrons. The van der Waals surface area contributed by atoms with Crippen molar-refractivity contribution in [2.45, 2.75) is 19.9 Å². The van der Waals surface area contributed by atoms with Crippen molar-refractivity contribution < 1.29 is 9.60 Å². The Morgan fingerprint density at radius 3 is 2.87 bits per heavy atom. The number of hydrogen-bond acceptors (Lipinski definition) is 3. The number of halogens is 1. The molecule has 1 aromatic rings. The second kappa shape index (κ2) is 4.63. The molecule has 82 valence electrons. The zero-order chi connectivity index (χ0) is 11.4. The predicted molar refractivity (Wildman–Crippen MR) is 57.6 cm³/mol. The monoisotopic (exact) mass is 211 g/mol. The molecule has 0 saturated heterocycles. The van der Waals surface area contributed by atoms with Crippen molar-refractivity contribution in [3.63, 3.8) is 0 Å². The molecular weight excluding hydrogens is 197 g/mol. The minimum absolute atomic E-state index is 0.0101. The summed E-state index contributed by atoms with van der Waals surface area (Å²) in [5, 5.41) is 14.1. The highest BCUT2D eigenvalue weighted by molar-refractivity contribution is 5.87. The van der Waals surface area contributed by atoms with Crippen LogP contribution in [-0.2, 0) is 0 Å². The summed E-state index contributed by atoms with van der Waals surface area (Å²) >= 11 is 0. The number of aryl methyl sites for hydroxylation is 1. The molecule has 0 fully saturated rings. The van der Waals surface area contributed by atoms with E-state index in [2.05, 4.69) is 10.5 Å². The van der Waals surface area contributed by atoms with Gasteiger partial charge in [-0.15, -0.1) is 0 Å². The van der Waals surface area contributed by atoms with Crippen LogP contribution in [0.1, 0.15) is 12.5 Å². The van der Waals surface area contributed by atoms with Gasteiger partial charge in [-0.2, -0.15) is 0 Å². The lowest BCUT2D eigenvalue weighted by Crippen LogP contribution is -2.33. The lowest BCUT2D eigenvalue weighted by Gasteiger charge is -2.14. The van der Waals surface area contributed by atoms with Crippen LogP contribution in [-0.4, -0.2) is 17.1 Å². The van der Waals surface area contributed by atoms with Crippen molar-refractivity contribution >= 4 is 11.5 Å². The van der Waals surface area contributed by atoms with E-state index in [1.165, 1.54) is 6.07 Å². The molecule has 1 aromatic carbocycles. The number of benzene rings is 1. The van der Waals surface area contributed by atoms with Gasteiger partial charge >= 0.3 is 0 Å². The topological polar surface area (TPSA) is 70.6 Å². The summed E-state index contributed by atoms with van der Waals surface area (Å²) in [6.45, 7) is 3.54. The Bertz CT molecular complexity index is 379. The van der Waals surface area contributed by atoms with Crippen LogP contribution in [0.15, 0.2) is 23.4 Å². The summed E-state index contributed by atoms with van der Waals surface area (Å²) in [5.41, 5.74) is 6.65. The van der Waals surface area contributed by atoms with Gasteiger partial charge in [0.25, 0.3) is 0 Å². The zero-order valence-electron chi connectivity index (χ0n) is 8.66. The van der Waals surface area contributed by atoms with Crippen LogP contribution in [0.4, 0.5) is 10.1 Å². The largest absolute Gasteiger partial charge is 0.409 e. The quantitative estimate of drug-likeness (QED) is 0.308. The van der Waals surface area contributed by atoms with Gasteiger partial charge in [-0.05, 0) is 31.5 Å². The summed E-state index contributed by atoms with van der Waals surface area (Å²) in [4.78, 5) is 0. The van der Waals surface area contributed by atoms with Crippen LogP contribution in [0, 0.1) is 12.7 Å². The van der Waals surface area contributed by atoms with Gasteiger partial charge < -0.3 is 16.3 Å². The molecule has 0 amide bonds. The maximum atomic E-state index is 13.3. The first-order chi connectivity index (χ1) is 7.04. The predicted octanol–water partition coefficient (Wildman–Crippen LogP) is 1.68. The summed E-state index contributed by atoms with van der Waals surface area (Å²) in [5.74, 6) is -0.353. The Morgan fingerprint density at radius 2 is 2.27 bits per heavy atom. The van der Waals surface area contributed by atoms with Crippen molar-refractivity contribution in [2.75, 3.05) is 5.32 Å². The summed E-state index contributed by atoms with van der Waals surface area (Å²) in [6.07, 6.45) is 0. The highest BCUT2D eigenvalue weighted by atomic mass is 19.1. The second-order valence-corrected chi connectivity index (χ2v) is 3.37. The fourth-order valence-corrected chi connectivity index (χ4v) is 1.14. The number of amidine groups is 1. The minimum Gasteiger partial charge on any atom is -0.409 e. The summed E-state index contributed by atoms with van der Waals surface area (Å²) in [7, 11) is 0. The van der Waals surface area contributed by atoms with E-state index < -0.39 is 6.04 Å². The standard InChI is InChI=1S/C10H14FN3O/c1-6-3-4-8(11)9(5-6)13-7(2)10(12)14-15/h3-5,7,13,15H,1-2H3,(H2,12,14). The average molecular weight is 211 g/mol. The van der Waals surface area contributed by atoms with E-state index in [0.29, 0.717) is 5.69 Å². The molecule has 0 aromatic heterocycles. The van der Waals surface area contributed by atoms with Crippen LogP contribution in [0.5, 0.6) is 0 Å². The Labute approximate surface area is 87.6 Å². The Morgan fingerprint density at radius 1 is 1.60 bits per heavy atom. The van der Waals surface area contributed by atoms with E-state index in [4.69, 9.17) is 10.9 Å². The molecule has 5 heteroatoms. The molecule has 1 atom stereocenters. The molecule has 15 heavy (non-hydrogen) atoms. The van der Waals surface area contributed by atoms with Gasteiger partial charge in [0.05, 0.1) is 11.7 Å². The second-order valence-electron chi connectivity index (χ2n) is 3.37. The van der Waals surface area contributed by atoms with Gasteiger partial charge in [-0.3, -0.25) is 0 Å². The van der Waals surface area contributed by atoms with E-state index in [0.717, 1.165) is 5.56 Å². The van der Waals surface area contributed by atoms with Crippen molar-refractivity contribution in [2.24, 2.45) is 10.9 Å². The third-order valence-corrected chi connectivity index (χ3v) is 2.05. The number of hydrogen-bond donors (Lipinski definition) is 3. The fourth-order valence-electron chi connectivity index (χ4n) is 1.14. The maximum absolute atomic E-state index is 13.3. The van der Waals surface area contributed by atoms with Gasteiger partial charge in [0.2, 0.25) is 0 Å². The molecule has 0 spiro atoms. The van der Waals surface area contributed by atoms with Gasteiger partial charge in [0.1, 0.15) is 5.82 Å². The van der Waals surface area contributed by atoms with Crippen molar-refractivity contribution in [3.05, 3.63) is 29.6 Å². The number of oxime groups is 1. The van der Waals surface area contributed by atoms with E-state index in [9.17, 15) is 4.39 Å². The maximum Gasteiger partial charge on any atom is 0.161 e. The Hall–Kier alpha value is -1.78. The Balaban J connectivity index is 2.85. The lowest BCUT2D eigenvalue weighted by molar-refractivity contribution is 0.316. The molecule has 0 aliphatic carbocycles. The lowest BCUT2D eigenvalue weighted by atomic mass is 10.2. The molecule has 0 bridgehead atoms. The molecule has 0 saturated carbocycles. The third-order valence-electron chi connectivity index (χ3n) is 2.05. The van der Waals surface area contributed by atoms with Crippen LogP contribution in [0.2, 0.25) is 0 Å². The molecular formula is C10H14FN3O. The highest BCUT2D eigenvalue weighted by Gasteiger charge is 2.09. The number of rotatable bonds is 3. The van der Waals surface area contributed by atoms with Crippen molar-refractivity contribution in [1.29, 1.82) is 0 Å². The van der Waals surface area contributed by atoms with Gasteiger partial charge in [-0.1, -0.05) is 11.2 Å². The van der Waals surface area contributed by atoms with Crippen LogP contribution in [0.3, 0.4) is 0 Å². The van der Waals surface area contributed by atoms with Gasteiger partial charge in [0, 0.05) is 0 Å². The third kappa shape index (κ3) is 2.83. The van der Waals surface area contributed by atoms with E-state index in [-0.39, 0.29) is 11.7 Å². The van der Waals surface area contributed by atoms with Crippen LogP contribution in [0.25, 0.3) is 0 Å². The Kier molecular flexibility index (Phi) is 3.49. The molecule has 0 heterocycles. The van der Waals surface area contributed by atoms with Gasteiger partial charge in [-0.25, -0.2) is 4.39 Å². The van der Waals surface area contributed by atoms with Crippen LogP contribution >= 0.6 is 0 Å². The number of nitrogens with one attached hydrogen (secondary N) is 1.